The Morgan fingerprint density at radius 1 is 1.33 bits per heavy atom. The van der Waals surface area contributed by atoms with Crippen LogP contribution in [0.25, 0.3) is 0 Å². The normalized spacial score (nSPS) is 22.8. The van der Waals surface area contributed by atoms with Crippen molar-refractivity contribution in [1.82, 2.24) is 10.2 Å². The van der Waals surface area contributed by atoms with Gasteiger partial charge in [-0.1, -0.05) is 0 Å². The van der Waals surface area contributed by atoms with Crippen LogP contribution < -0.4 is 5.32 Å². The lowest BCUT2D eigenvalue weighted by Crippen LogP contribution is -2.52. The maximum Gasteiger partial charge on any atom is 0.407 e. The largest absolute Gasteiger partial charge is 0.444 e. The van der Waals surface area contributed by atoms with Crippen molar-refractivity contribution < 1.29 is 19.4 Å². The van der Waals surface area contributed by atoms with Crippen molar-refractivity contribution in [3.63, 3.8) is 0 Å². The highest BCUT2D eigenvalue weighted by Gasteiger charge is 2.30. The van der Waals surface area contributed by atoms with Gasteiger partial charge in [-0.3, -0.25) is 4.79 Å². The zero-order chi connectivity index (χ0) is 16.0. The summed E-state index contributed by atoms with van der Waals surface area (Å²) in [6.45, 7) is 8.36. The van der Waals surface area contributed by atoms with E-state index in [0.717, 1.165) is 19.3 Å². The second kappa shape index (κ2) is 7.64. The second-order valence-corrected chi connectivity index (χ2v) is 6.73. The lowest BCUT2D eigenvalue weighted by atomic mass is 9.90. The molecule has 0 aromatic carbocycles. The fourth-order valence-corrected chi connectivity index (χ4v) is 2.63. The van der Waals surface area contributed by atoms with Crippen LogP contribution in [0.5, 0.6) is 0 Å². The minimum atomic E-state index is -0.532. The molecule has 21 heavy (non-hydrogen) atoms. The summed E-state index contributed by atoms with van der Waals surface area (Å²) in [4.78, 5) is 25.2. The Morgan fingerprint density at radius 3 is 2.52 bits per heavy atom. The highest BCUT2D eigenvalue weighted by atomic mass is 16.6. The first kappa shape index (κ1) is 17.8. The number of rotatable bonds is 4. The first-order chi connectivity index (χ1) is 9.71. The number of aliphatic hydroxyl groups is 1. The average Bonchev–Trinajstić information content (AvgIpc) is 2.33. The number of carbonyl (C=O) groups is 2. The van der Waals surface area contributed by atoms with Crippen LogP contribution >= 0.6 is 0 Å². The van der Waals surface area contributed by atoms with Crippen LogP contribution in [0.4, 0.5) is 4.79 Å². The van der Waals surface area contributed by atoms with E-state index in [2.05, 4.69) is 5.32 Å². The van der Waals surface area contributed by atoms with Gasteiger partial charge in [-0.15, -0.1) is 0 Å². The molecule has 1 heterocycles. The summed E-state index contributed by atoms with van der Waals surface area (Å²) < 4.78 is 5.26. The van der Waals surface area contributed by atoms with E-state index in [1.807, 2.05) is 20.8 Å². The summed E-state index contributed by atoms with van der Waals surface area (Å²) >= 11 is 0. The lowest BCUT2D eigenvalue weighted by Gasteiger charge is -2.38. The second-order valence-electron chi connectivity index (χ2n) is 6.73. The van der Waals surface area contributed by atoms with E-state index in [1.165, 1.54) is 0 Å². The van der Waals surface area contributed by atoms with Crippen molar-refractivity contribution in [2.45, 2.75) is 58.6 Å². The molecule has 2 N–H and O–H groups in total. The van der Waals surface area contributed by atoms with Crippen LogP contribution in [0.1, 0.15) is 47.0 Å². The quantitative estimate of drug-likeness (QED) is 0.825. The molecule has 0 aromatic rings. The van der Waals surface area contributed by atoms with Crippen LogP contribution in [0.3, 0.4) is 0 Å². The number of piperidine rings is 1. The number of carbonyl (C=O) groups excluding carboxylic acids is 2. The molecule has 0 saturated carbocycles. The highest BCUT2D eigenvalue weighted by molar-refractivity contribution is 5.73. The fraction of sp³-hybridized carbons (Fsp3) is 0.867. The van der Waals surface area contributed by atoms with Crippen molar-refractivity contribution in [2.24, 2.45) is 5.92 Å². The number of hydrogen-bond donors (Lipinski definition) is 2. The van der Waals surface area contributed by atoms with Gasteiger partial charge in [0.05, 0.1) is 6.04 Å². The number of ether oxygens (including phenoxy) is 1. The molecule has 2 amide bonds. The molecule has 1 fully saturated rings. The molecule has 0 aliphatic carbocycles. The minimum Gasteiger partial charge on any atom is -0.444 e. The third kappa shape index (κ3) is 6.80. The lowest BCUT2D eigenvalue weighted by molar-refractivity contribution is -0.131. The molecule has 0 radical (unpaired) electrons. The first-order valence-electron chi connectivity index (χ1n) is 7.57. The Kier molecular flexibility index (Phi) is 6.45. The average molecular weight is 300 g/mol. The zero-order valence-electron chi connectivity index (χ0n) is 13.5. The Hall–Kier alpha value is -1.30. The van der Waals surface area contributed by atoms with E-state index in [0.29, 0.717) is 19.0 Å². The summed E-state index contributed by atoms with van der Waals surface area (Å²) in [5.41, 5.74) is -0.532. The molecule has 6 nitrogen and oxygen atoms in total. The minimum absolute atomic E-state index is 0.0136. The Morgan fingerprint density at radius 2 is 2.00 bits per heavy atom. The number of alkyl carbamates (subject to hydrolysis) is 1. The van der Waals surface area contributed by atoms with E-state index in [1.54, 1.807) is 11.8 Å². The Labute approximate surface area is 126 Å². The highest BCUT2D eigenvalue weighted by Crippen LogP contribution is 2.22. The van der Waals surface area contributed by atoms with E-state index < -0.39 is 11.7 Å². The number of nitrogens with zero attached hydrogens (tertiary/aromatic N) is 1. The van der Waals surface area contributed by atoms with Gasteiger partial charge in [-0.25, -0.2) is 4.79 Å². The summed E-state index contributed by atoms with van der Waals surface area (Å²) in [5, 5.41) is 11.8. The number of aliphatic hydroxyl groups excluding tert-OH is 1. The smallest absolute Gasteiger partial charge is 0.407 e. The van der Waals surface area contributed by atoms with Crippen molar-refractivity contribution in [3.05, 3.63) is 0 Å². The molecule has 0 bridgehead atoms. The Bertz CT molecular complexity index is 365. The number of likely N-dealkylation sites (tertiary alicyclic amines) is 1. The monoisotopic (exact) mass is 300 g/mol. The SMILES string of the molecule is CC(=O)N1CC(CCCO)CC(NC(=O)OC(C)(C)C)C1. The standard InChI is InChI=1S/C15H28N2O4/c1-11(19)17-9-12(6-5-7-18)8-13(10-17)16-14(20)21-15(2,3)4/h12-13,18H,5-10H2,1-4H3,(H,16,20). The van der Waals surface area contributed by atoms with Crippen LogP contribution in [0.2, 0.25) is 0 Å². The van der Waals surface area contributed by atoms with Crippen LogP contribution in [0.15, 0.2) is 0 Å². The van der Waals surface area contributed by atoms with Gasteiger partial charge in [0.1, 0.15) is 5.60 Å². The van der Waals surface area contributed by atoms with Gasteiger partial charge in [-0.05, 0) is 46.0 Å². The molecular weight excluding hydrogens is 272 g/mol. The molecular formula is C15H28N2O4. The van der Waals surface area contributed by atoms with Crippen LogP contribution in [0, 0.1) is 5.92 Å². The van der Waals surface area contributed by atoms with E-state index in [-0.39, 0.29) is 18.6 Å². The fourth-order valence-electron chi connectivity index (χ4n) is 2.63. The van der Waals surface area contributed by atoms with Gasteiger partial charge in [0.15, 0.2) is 0 Å². The summed E-state index contributed by atoms with van der Waals surface area (Å²) in [6, 6.07) is -0.0961. The number of nitrogens with one attached hydrogen (secondary N) is 1. The van der Waals surface area contributed by atoms with Crippen LogP contribution in [-0.2, 0) is 9.53 Å². The number of amides is 2. The molecule has 6 heteroatoms. The molecule has 122 valence electrons. The predicted octanol–water partition coefficient (Wildman–Crippen LogP) is 1.52. The molecule has 2 atom stereocenters. The van der Waals surface area contributed by atoms with Crippen molar-refractivity contribution >= 4 is 12.0 Å². The van der Waals surface area contributed by atoms with Crippen LogP contribution in [-0.4, -0.2) is 53.3 Å². The van der Waals surface area contributed by atoms with E-state index >= 15 is 0 Å². The van der Waals surface area contributed by atoms with Gasteiger partial charge < -0.3 is 20.1 Å². The maximum atomic E-state index is 11.8. The van der Waals surface area contributed by atoms with Gasteiger partial charge in [-0.2, -0.15) is 0 Å². The maximum absolute atomic E-state index is 11.8. The third-order valence-electron chi connectivity index (χ3n) is 3.47. The van der Waals surface area contributed by atoms with Gasteiger partial charge >= 0.3 is 6.09 Å². The van der Waals surface area contributed by atoms with Gasteiger partial charge in [0, 0.05) is 26.6 Å². The molecule has 1 aliphatic rings. The van der Waals surface area contributed by atoms with Crippen molar-refractivity contribution in [2.75, 3.05) is 19.7 Å². The molecule has 2 unspecified atom stereocenters. The van der Waals surface area contributed by atoms with Crippen molar-refractivity contribution in [1.29, 1.82) is 0 Å². The predicted molar refractivity (Wildman–Crippen MR) is 79.8 cm³/mol. The summed E-state index contributed by atoms with van der Waals surface area (Å²) in [6.07, 6.45) is 1.93. The number of hydrogen-bond acceptors (Lipinski definition) is 4. The summed E-state index contributed by atoms with van der Waals surface area (Å²) in [5.74, 6) is 0.314. The van der Waals surface area contributed by atoms with Crippen molar-refractivity contribution in [3.8, 4) is 0 Å². The van der Waals surface area contributed by atoms with Gasteiger partial charge in [0.25, 0.3) is 0 Å². The summed E-state index contributed by atoms with van der Waals surface area (Å²) in [7, 11) is 0. The molecule has 1 rings (SSSR count). The van der Waals surface area contributed by atoms with E-state index in [9.17, 15) is 9.59 Å². The van der Waals surface area contributed by atoms with Gasteiger partial charge in [0.2, 0.25) is 5.91 Å². The zero-order valence-corrected chi connectivity index (χ0v) is 13.5. The molecule has 0 spiro atoms. The molecule has 0 aromatic heterocycles. The molecule has 1 aliphatic heterocycles. The Balaban J connectivity index is 2.58. The topological polar surface area (TPSA) is 78.9 Å². The third-order valence-corrected chi connectivity index (χ3v) is 3.47. The molecule has 1 saturated heterocycles. The first-order valence-corrected chi connectivity index (χ1v) is 7.57. The van der Waals surface area contributed by atoms with E-state index in [4.69, 9.17) is 9.84 Å².